The van der Waals surface area contributed by atoms with Crippen molar-refractivity contribution in [3.63, 3.8) is 0 Å². The second-order valence-electron chi connectivity index (χ2n) is 7.35. The lowest BCUT2D eigenvalue weighted by Gasteiger charge is -2.41. The molecule has 1 aromatic heterocycles. The molecule has 2 unspecified atom stereocenters. The maximum Gasteiger partial charge on any atom is 0.287 e. The van der Waals surface area contributed by atoms with Crippen LogP contribution >= 0.6 is 0 Å². The Kier molecular flexibility index (Phi) is 4.77. The van der Waals surface area contributed by atoms with Crippen molar-refractivity contribution < 1.29 is 14.3 Å². The predicted molar refractivity (Wildman–Crippen MR) is 96.5 cm³/mol. The van der Waals surface area contributed by atoms with E-state index in [2.05, 4.69) is 10.2 Å². The van der Waals surface area contributed by atoms with E-state index in [4.69, 9.17) is 4.42 Å². The number of fused-ring (bicyclic) bond motifs is 1. The van der Waals surface area contributed by atoms with Gasteiger partial charge in [-0.05, 0) is 37.8 Å². The van der Waals surface area contributed by atoms with Gasteiger partial charge in [-0.2, -0.15) is 0 Å². The Bertz CT molecular complexity index is 700. The lowest BCUT2D eigenvalue weighted by molar-refractivity contribution is 0.00722. The Balaban J connectivity index is 1.32. The molecule has 0 radical (unpaired) electrons. The van der Waals surface area contributed by atoms with Gasteiger partial charge >= 0.3 is 0 Å². The number of rotatable bonds is 3. The fraction of sp³-hybridized carbons (Fsp3) is 0.550. The summed E-state index contributed by atoms with van der Waals surface area (Å²) in [5, 5.41) is 14.3. The van der Waals surface area contributed by atoms with Crippen LogP contribution in [0.1, 0.15) is 49.1 Å². The molecule has 2 aliphatic rings. The molecule has 0 bridgehead atoms. The van der Waals surface area contributed by atoms with Crippen molar-refractivity contribution in [1.82, 2.24) is 10.2 Å². The quantitative estimate of drug-likeness (QED) is 0.900. The van der Waals surface area contributed by atoms with Gasteiger partial charge in [-0.3, -0.25) is 9.69 Å². The van der Waals surface area contributed by atoms with E-state index < -0.39 is 0 Å². The number of aliphatic hydroxyl groups excluding tert-OH is 1. The first-order valence-electron chi connectivity index (χ1n) is 9.42. The Morgan fingerprint density at radius 3 is 2.64 bits per heavy atom. The number of nitrogens with zero attached hydrogens (tertiary/aromatic N) is 1. The summed E-state index contributed by atoms with van der Waals surface area (Å²) in [5.41, 5.74) is 0.744. The molecule has 2 N–H and O–H groups in total. The van der Waals surface area contributed by atoms with Gasteiger partial charge in [0.2, 0.25) is 0 Å². The number of hydrogen-bond donors (Lipinski definition) is 2. The van der Waals surface area contributed by atoms with Crippen LogP contribution in [-0.4, -0.2) is 47.2 Å². The molecular weight excluding hydrogens is 316 g/mol. The van der Waals surface area contributed by atoms with E-state index in [9.17, 15) is 9.90 Å². The summed E-state index contributed by atoms with van der Waals surface area (Å²) in [5.74, 6) is 0.249. The van der Waals surface area contributed by atoms with Crippen molar-refractivity contribution in [2.24, 2.45) is 0 Å². The number of para-hydroxylation sites is 1. The summed E-state index contributed by atoms with van der Waals surface area (Å²) in [6, 6.07) is 9.96. The van der Waals surface area contributed by atoms with Crippen molar-refractivity contribution in [2.45, 2.75) is 56.7 Å². The molecule has 1 amide bonds. The zero-order chi connectivity index (χ0) is 17.2. The Morgan fingerprint density at radius 2 is 1.88 bits per heavy atom. The smallest absolute Gasteiger partial charge is 0.287 e. The number of benzene rings is 1. The lowest BCUT2D eigenvalue weighted by Crippen LogP contribution is -2.52. The van der Waals surface area contributed by atoms with Crippen LogP contribution in [0.5, 0.6) is 0 Å². The largest absolute Gasteiger partial charge is 0.451 e. The topological polar surface area (TPSA) is 65.7 Å². The second-order valence-corrected chi connectivity index (χ2v) is 7.35. The minimum Gasteiger partial charge on any atom is -0.451 e. The standard InChI is InChI=1S/C20H26N2O3/c23-17-7-3-2-6-16(17)22-11-9-15(10-12-22)21-20(24)19-13-14-5-1-4-8-18(14)25-19/h1,4-5,8,13,15-17,23H,2-3,6-7,9-12H2,(H,21,24). The highest BCUT2D eigenvalue weighted by molar-refractivity contribution is 5.96. The number of furan rings is 1. The molecule has 4 rings (SSSR count). The van der Waals surface area contributed by atoms with Crippen LogP contribution in [0.4, 0.5) is 0 Å². The van der Waals surface area contributed by atoms with E-state index >= 15 is 0 Å². The predicted octanol–water partition coefficient (Wildman–Crippen LogP) is 2.93. The molecule has 1 saturated heterocycles. The van der Waals surface area contributed by atoms with E-state index in [0.717, 1.165) is 56.2 Å². The lowest BCUT2D eigenvalue weighted by atomic mass is 9.89. The molecule has 5 nitrogen and oxygen atoms in total. The maximum absolute atomic E-state index is 12.5. The zero-order valence-corrected chi connectivity index (χ0v) is 14.5. The molecular formula is C20H26N2O3. The van der Waals surface area contributed by atoms with Crippen LogP contribution in [0.25, 0.3) is 11.0 Å². The molecule has 25 heavy (non-hydrogen) atoms. The minimum atomic E-state index is -0.185. The molecule has 134 valence electrons. The first-order chi connectivity index (χ1) is 12.2. The highest BCUT2D eigenvalue weighted by Crippen LogP contribution is 2.26. The van der Waals surface area contributed by atoms with E-state index in [1.54, 1.807) is 6.07 Å². The van der Waals surface area contributed by atoms with Gasteiger partial charge in [0.15, 0.2) is 5.76 Å². The first kappa shape index (κ1) is 16.6. The number of likely N-dealkylation sites (tertiary alicyclic amines) is 1. The summed E-state index contributed by atoms with van der Waals surface area (Å²) in [6.07, 6.45) is 6.04. The molecule has 2 heterocycles. The Morgan fingerprint density at radius 1 is 1.12 bits per heavy atom. The summed E-state index contributed by atoms with van der Waals surface area (Å²) in [6.45, 7) is 1.87. The van der Waals surface area contributed by atoms with Gasteiger partial charge in [-0.1, -0.05) is 31.0 Å². The van der Waals surface area contributed by atoms with Gasteiger partial charge in [-0.25, -0.2) is 0 Å². The van der Waals surface area contributed by atoms with Crippen molar-refractivity contribution in [1.29, 1.82) is 0 Å². The third-order valence-corrected chi connectivity index (χ3v) is 5.68. The van der Waals surface area contributed by atoms with Crippen molar-refractivity contribution in [2.75, 3.05) is 13.1 Å². The summed E-state index contributed by atoms with van der Waals surface area (Å²) in [4.78, 5) is 14.9. The summed E-state index contributed by atoms with van der Waals surface area (Å²) < 4.78 is 5.65. The fourth-order valence-corrected chi connectivity index (χ4v) is 4.24. The first-order valence-corrected chi connectivity index (χ1v) is 9.42. The second kappa shape index (κ2) is 7.18. The Labute approximate surface area is 148 Å². The van der Waals surface area contributed by atoms with Crippen LogP contribution in [0, 0.1) is 0 Å². The number of amides is 1. The average molecular weight is 342 g/mol. The number of piperidine rings is 1. The third kappa shape index (κ3) is 3.58. The molecule has 2 fully saturated rings. The number of hydrogen-bond acceptors (Lipinski definition) is 4. The zero-order valence-electron chi connectivity index (χ0n) is 14.5. The summed E-state index contributed by atoms with van der Waals surface area (Å²) in [7, 11) is 0. The molecule has 0 spiro atoms. The van der Waals surface area contributed by atoms with Crippen LogP contribution in [-0.2, 0) is 0 Å². The van der Waals surface area contributed by atoms with Crippen LogP contribution < -0.4 is 5.32 Å². The van der Waals surface area contributed by atoms with Crippen LogP contribution in [0.3, 0.4) is 0 Å². The number of aliphatic hydroxyl groups is 1. The van der Waals surface area contributed by atoms with Gasteiger partial charge in [0.25, 0.3) is 5.91 Å². The van der Waals surface area contributed by atoms with Gasteiger partial charge in [0, 0.05) is 30.6 Å². The minimum absolute atomic E-state index is 0.132. The van der Waals surface area contributed by atoms with E-state index in [1.807, 2.05) is 24.3 Å². The van der Waals surface area contributed by atoms with Gasteiger partial charge < -0.3 is 14.8 Å². The van der Waals surface area contributed by atoms with Crippen LogP contribution in [0.15, 0.2) is 34.7 Å². The highest BCUT2D eigenvalue weighted by atomic mass is 16.3. The molecule has 1 aliphatic carbocycles. The van der Waals surface area contributed by atoms with E-state index in [0.29, 0.717) is 11.8 Å². The Hall–Kier alpha value is -1.85. The van der Waals surface area contributed by atoms with Gasteiger partial charge in [-0.15, -0.1) is 0 Å². The number of carbonyl (C=O) groups is 1. The van der Waals surface area contributed by atoms with Crippen LogP contribution in [0.2, 0.25) is 0 Å². The maximum atomic E-state index is 12.5. The third-order valence-electron chi connectivity index (χ3n) is 5.68. The monoisotopic (exact) mass is 342 g/mol. The molecule has 2 aromatic rings. The molecule has 5 heteroatoms. The van der Waals surface area contributed by atoms with Crippen molar-refractivity contribution in [3.8, 4) is 0 Å². The normalized spacial score (nSPS) is 26.0. The number of carbonyl (C=O) groups excluding carboxylic acids is 1. The number of nitrogens with one attached hydrogen (secondary N) is 1. The van der Waals surface area contributed by atoms with Crippen molar-refractivity contribution in [3.05, 3.63) is 36.1 Å². The molecule has 2 atom stereocenters. The SMILES string of the molecule is O=C(NC1CCN(C2CCCCC2O)CC1)c1cc2ccccc2o1. The molecule has 1 aliphatic heterocycles. The fourth-order valence-electron chi connectivity index (χ4n) is 4.24. The average Bonchev–Trinajstić information content (AvgIpc) is 3.07. The van der Waals surface area contributed by atoms with Gasteiger partial charge in [0.1, 0.15) is 5.58 Å². The van der Waals surface area contributed by atoms with E-state index in [-0.39, 0.29) is 18.1 Å². The molecule has 1 aromatic carbocycles. The van der Waals surface area contributed by atoms with Crippen molar-refractivity contribution >= 4 is 16.9 Å². The summed E-state index contributed by atoms with van der Waals surface area (Å²) >= 11 is 0. The molecule has 1 saturated carbocycles. The van der Waals surface area contributed by atoms with Gasteiger partial charge in [0.05, 0.1) is 6.10 Å². The highest BCUT2D eigenvalue weighted by Gasteiger charge is 2.32. The van der Waals surface area contributed by atoms with E-state index in [1.165, 1.54) is 6.42 Å².